The maximum atomic E-state index is 12.9. The molecule has 1 atom stereocenters. The van der Waals surface area contributed by atoms with Gasteiger partial charge in [-0.15, -0.1) is 0 Å². The van der Waals surface area contributed by atoms with Crippen molar-refractivity contribution in [3.8, 4) is 11.1 Å². The Bertz CT molecular complexity index is 516. The van der Waals surface area contributed by atoms with E-state index in [0.717, 1.165) is 30.5 Å². The molecule has 0 radical (unpaired) electrons. The summed E-state index contributed by atoms with van der Waals surface area (Å²) in [6.45, 7) is 3.02. The Kier molecular flexibility index (Phi) is 5.31. The van der Waals surface area contributed by atoms with Gasteiger partial charge in [0.25, 0.3) is 0 Å². The van der Waals surface area contributed by atoms with Crippen LogP contribution in [-0.2, 0) is 6.42 Å². The minimum atomic E-state index is -0.195. The van der Waals surface area contributed by atoms with E-state index >= 15 is 0 Å². The van der Waals surface area contributed by atoms with Gasteiger partial charge in [0.2, 0.25) is 0 Å². The molecule has 20 heavy (non-hydrogen) atoms. The van der Waals surface area contributed by atoms with Gasteiger partial charge in [-0.3, -0.25) is 0 Å². The summed E-state index contributed by atoms with van der Waals surface area (Å²) in [6, 6.07) is 15.2. The van der Waals surface area contributed by atoms with Gasteiger partial charge in [0, 0.05) is 0 Å². The Labute approximate surface area is 120 Å². The van der Waals surface area contributed by atoms with E-state index in [9.17, 15) is 4.39 Å². The van der Waals surface area contributed by atoms with Crippen LogP contribution < -0.4 is 5.73 Å². The number of halogens is 1. The summed E-state index contributed by atoms with van der Waals surface area (Å²) in [7, 11) is 0. The second-order valence-electron chi connectivity index (χ2n) is 5.43. The first-order valence-corrected chi connectivity index (χ1v) is 7.24. The third-order valence-corrected chi connectivity index (χ3v) is 3.72. The van der Waals surface area contributed by atoms with Gasteiger partial charge < -0.3 is 5.73 Å². The molecule has 2 aromatic rings. The van der Waals surface area contributed by atoms with E-state index in [-0.39, 0.29) is 5.82 Å². The van der Waals surface area contributed by atoms with Gasteiger partial charge in [-0.05, 0) is 60.5 Å². The highest BCUT2D eigenvalue weighted by atomic mass is 19.1. The van der Waals surface area contributed by atoms with Gasteiger partial charge in [-0.1, -0.05) is 43.3 Å². The van der Waals surface area contributed by atoms with Crippen LogP contribution in [0.4, 0.5) is 4.39 Å². The molecule has 0 aliphatic heterocycles. The molecule has 2 rings (SSSR count). The lowest BCUT2D eigenvalue weighted by Gasteiger charge is -2.10. The number of hydrogen-bond acceptors (Lipinski definition) is 1. The summed E-state index contributed by atoms with van der Waals surface area (Å²) in [5, 5.41) is 0. The Hall–Kier alpha value is -1.67. The first kappa shape index (κ1) is 14.7. The highest BCUT2D eigenvalue weighted by Gasteiger charge is 2.03. The van der Waals surface area contributed by atoms with Crippen molar-refractivity contribution in [2.45, 2.75) is 26.2 Å². The highest BCUT2D eigenvalue weighted by Crippen LogP contribution is 2.21. The lowest BCUT2D eigenvalue weighted by Crippen LogP contribution is -2.06. The molecule has 0 heterocycles. The van der Waals surface area contributed by atoms with Crippen LogP contribution in [0.3, 0.4) is 0 Å². The first-order valence-electron chi connectivity index (χ1n) is 7.24. The van der Waals surface area contributed by atoms with E-state index in [4.69, 9.17) is 5.73 Å². The van der Waals surface area contributed by atoms with E-state index in [1.807, 2.05) is 12.1 Å². The van der Waals surface area contributed by atoms with Crippen LogP contribution in [0, 0.1) is 11.7 Å². The summed E-state index contributed by atoms with van der Waals surface area (Å²) in [5.41, 5.74) is 9.09. The second-order valence-corrected chi connectivity index (χ2v) is 5.43. The van der Waals surface area contributed by atoms with Gasteiger partial charge in [-0.25, -0.2) is 4.39 Å². The molecular weight excluding hydrogens is 249 g/mol. The molecule has 2 heteroatoms. The Morgan fingerprint density at radius 1 is 0.900 bits per heavy atom. The number of rotatable bonds is 6. The van der Waals surface area contributed by atoms with E-state index in [0.29, 0.717) is 5.92 Å². The average Bonchev–Trinajstić information content (AvgIpc) is 2.47. The van der Waals surface area contributed by atoms with Crippen molar-refractivity contribution in [1.82, 2.24) is 0 Å². The van der Waals surface area contributed by atoms with Gasteiger partial charge in [0.1, 0.15) is 5.82 Å². The molecule has 0 saturated carbocycles. The first-order chi connectivity index (χ1) is 9.69. The number of nitrogens with two attached hydrogens (primary N) is 1. The third kappa shape index (κ3) is 4.17. The molecule has 1 unspecified atom stereocenters. The highest BCUT2D eigenvalue weighted by molar-refractivity contribution is 5.63. The van der Waals surface area contributed by atoms with E-state index < -0.39 is 0 Å². The van der Waals surface area contributed by atoms with Crippen LogP contribution in [0.25, 0.3) is 11.1 Å². The van der Waals surface area contributed by atoms with Crippen LogP contribution in [0.2, 0.25) is 0 Å². The summed E-state index contributed by atoms with van der Waals surface area (Å²) < 4.78 is 12.9. The molecule has 0 aliphatic carbocycles. The Morgan fingerprint density at radius 2 is 1.45 bits per heavy atom. The molecule has 2 N–H and O–H groups in total. The third-order valence-electron chi connectivity index (χ3n) is 3.72. The van der Waals surface area contributed by atoms with Crippen LogP contribution in [0.1, 0.15) is 25.3 Å². The predicted octanol–water partition coefficient (Wildman–Crippen LogP) is 4.41. The SMILES string of the molecule is CC(CCN)CCc1ccc(-c2ccc(F)cc2)cc1. The molecule has 0 spiro atoms. The Balaban J connectivity index is 1.97. The van der Waals surface area contributed by atoms with Crippen LogP contribution in [0.5, 0.6) is 0 Å². The minimum absolute atomic E-state index is 0.195. The van der Waals surface area contributed by atoms with Crippen molar-refractivity contribution >= 4 is 0 Å². The zero-order chi connectivity index (χ0) is 14.4. The van der Waals surface area contributed by atoms with Crippen molar-refractivity contribution in [2.24, 2.45) is 11.7 Å². The van der Waals surface area contributed by atoms with Crippen molar-refractivity contribution in [3.63, 3.8) is 0 Å². The summed E-state index contributed by atoms with van der Waals surface area (Å²) >= 11 is 0. The lowest BCUT2D eigenvalue weighted by molar-refractivity contribution is 0.500. The number of benzene rings is 2. The molecule has 0 bridgehead atoms. The number of aryl methyl sites for hydroxylation is 1. The van der Waals surface area contributed by atoms with Crippen LogP contribution >= 0.6 is 0 Å². The maximum Gasteiger partial charge on any atom is 0.123 e. The standard InChI is InChI=1S/C18H22FN/c1-14(12-13-20)2-3-15-4-6-16(7-5-15)17-8-10-18(19)11-9-17/h4-11,14H,2-3,12-13,20H2,1H3. The van der Waals surface area contributed by atoms with Gasteiger partial charge in [0.15, 0.2) is 0 Å². The molecule has 0 saturated heterocycles. The molecule has 2 aromatic carbocycles. The van der Waals surface area contributed by atoms with Gasteiger partial charge in [-0.2, -0.15) is 0 Å². The minimum Gasteiger partial charge on any atom is -0.330 e. The van der Waals surface area contributed by atoms with E-state index in [1.54, 1.807) is 0 Å². The molecule has 0 aromatic heterocycles. The van der Waals surface area contributed by atoms with Gasteiger partial charge in [0.05, 0.1) is 0 Å². The Morgan fingerprint density at radius 3 is 2.00 bits per heavy atom. The zero-order valence-corrected chi connectivity index (χ0v) is 12.0. The lowest BCUT2D eigenvalue weighted by atomic mass is 9.97. The van der Waals surface area contributed by atoms with E-state index in [2.05, 4.69) is 31.2 Å². The van der Waals surface area contributed by atoms with Crippen molar-refractivity contribution in [1.29, 1.82) is 0 Å². The van der Waals surface area contributed by atoms with Crippen LogP contribution in [0.15, 0.2) is 48.5 Å². The topological polar surface area (TPSA) is 26.0 Å². The summed E-state index contributed by atoms with van der Waals surface area (Å²) in [5.74, 6) is 0.482. The predicted molar refractivity (Wildman–Crippen MR) is 83.0 cm³/mol. The fourth-order valence-corrected chi connectivity index (χ4v) is 2.35. The quantitative estimate of drug-likeness (QED) is 0.827. The molecule has 0 aliphatic rings. The van der Waals surface area contributed by atoms with Crippen molar-refractivity contribution in [3.05, 3.63) is 59.9 Å². The number of hydrogen-bond donors (Lipinski definition) is 1. The van der Waals surface area contributed by atoms with Crippen molar-refractivity contribution < 1.29 is 4.39 Å². The largest absolute Gasteiger partial charge is 0.330 e. The monoisotopic (exact) mass is 271 g/mol. The second kappa shape index (κ2) is 7.20. The molecule has 106 valence electrons. The summed E-state index contributed by atoms with van der Waals surface area (Å²) in [4.78, 5) is 0. The maximum absolute atomic E-state index is 12.9. The normalized spacial score (nSPS) is 12.3. The molecule has 1 nitrogen and oxygen atoms in total. The summed E-state index contributed by atoms with van der Waals surface area (Å²) in [6.07, 6.45) is 3.35. The van der Waals surface area contributed by atoms with E-state index in [1.165, 1.54) is 24.1 Å². The fraction of sp³-hybridized carbons (Fsp3) is 0.333. The zero-order valence-electron chi connectivity index (χ0n) is 12.0. The molecule has 0 amide bonds. The van der Waals surface area contributed by atoms with Crippen molar-refractivity contribution in [2.75, 3.05) is 6.54 Å². The smallest absolute Gasteiger partial charge is 0.123 e. The van der Waals surface area contributed by atoms with Gasteiger partial charge >= 0.3 is 0 Å². The fourth-order valence-electron chi connectivity index (χ4n) is 2.35. The molecule has 0 fully saturated rings. The molecular formula is C18H22FN. The average molecular weight is 271 g/mol. The van der Waals surface area contributed by atoms with Crippen LogP contribution in [-0.4, -0.2) is 6.54 Å².